The molecule has 0 spiro atoms. The first-order chi connectivity index (χ1) is 9.65. The zero-order valence-electron chi connectivity index (χ0n) is 10.5. The number of hydrogen-bond acceptors (Lipinski definition) is 6. The zero-order valence-corrected chi connectivity index (χ0v) is 10.5. The van der Waals surface area contributed by atoms with Crippen LogP contribution in [-0.4, -0.2) is 30.9 Å². The summed E-state index contributed by atoms with van der Waals surface area (Å²) in [6, 6.07) is 0. The van der Waals surface area contributed by atoms with E-state index < -0.39 is 0 Å². The molecule has 0 aliphatic heterocycles. The Morgan fingerprint density at radius 2 is 1.35 bits per heavy atom. The highest BCUT2D eigenvalue weighted by molar-refractivity contribution is 5.76. The lowest BCUT2D eigenvalue weighted by molar-refractivity contribution is -0.122. The molecule has 10 heteroatoms. The maximum absolute atomic E-state index is 11.3. The molecule has 0 unspecified atom stereocenters. The smallest absolute Gasteiger partial charge is 0.253 e. The van der Waals surface area contributed by atoms with E-state index in [4.69, 9.17) is 11.7 Å². The van der Waals surface area contributed by atoms with Crippen LogP contribution < -0.4 is 22.5 Å². The summed E-state index contributed by atoms with van der Waals surface area (Å²) < 4.78 is 3.14. The summed E-state index contributed by atoms with van der Waals surface area (Å²) in [7, 11) is 0. The van der Waals surface area contributed by atoms with E-state index in [9.17, 15) is 9.59 Å². The quantitative estimate of drug-likeness (QED) is 0.275. The molecule has 2 amide bonds. The molecule has 2 aromatic rings. The van der Waals surface area contributed by atoms with Gasteiger partial charge in [-0.2, -0.15) is 0 Å². The zero-order chi connectivity index (χ0) is 14.5. The predicted molar refractivity (Wildman–Crippen MR) is 68.1 cm³/mol. The minimum Gasteiger partial charge on any atom is -0.319 e. The lowest BCUT2D eigenvalue weighted by Crippen LogP contribution is -2.34. The van der Waals surface area contributed by atoms with Gasteiger partial charge in [-0.1, -0.05) is 0 Å². The van der Waals surface area contributed by atoms with Crippen LogP contribution >= 0.6 is 0 Å². The number of amides is 2. The molecule has 0 bridgehead atoms. The third-order valence-electron chi connectivity index (χ3n) is 2.58. The van der Waals surface area contributed by atoms with Crippen molar-refractivity contribution >= 4 is 11.8 Å². The lowest BCUT2D eigenvalue weighted by atomic mass is 10.4. The molecule has 0 radical (unpaired) electrons. The standard InChI is InChI=1S/C10H14N8O2/c11-15-7(19)5-17-3-1-13-9(17)10-14-2-4-18(10)6-8(20)16-12/h1-4H,5-6,11-12H2,(H,15,19)(H,16,20). The first-order valence-corrected chi connectivity index (χ1v) is 5.67. The van der Waals surface area contributed by atoms with Gasteiger partial charge in [0.2, 0.25) is 0 Å². The Morgan fingerprint density at radius 1 is 0.950 bits per heavy atom. The molecule has 10 nitrogen and oxygen atoms in total. The van der Waals surface area contributed by atoms with Crippen molar-refractivity contribution < 1.29 is 9.59 Å². The van der Waals surface area contributed by atoms with Gasteiger partial charge in [0.25, 0.3) is 11.8 Å². The van der Waals surface area contributed by atoms with Crippen LogP contribution in [0.4, 0.5) is 0 Å². The van der Waals surface area contributed by atoms with Crippen molar-refractivity contribution in [2.75, 3.05) is 0 Å². The number of hydrogen-bond donors (Lipinski definition) is 4. The maximum atomic E-state index is 11.3. The average molecular weight is 278 g/mol. The molecule has 0 saturated heterocycles. The van der Waals surface area contributed by atoms with E-state index in [0.717, 1.165) is 0 Å². The minimum atomic E-state index is -0.373. The van der Waals surface area contributed by atoms with Gasteiger partial charge < -0.3 is 9.13 Å². The maximum Gasteiger partial charge on any atom is 0.253 e. The van der Waals surface area contributed by atoms with Gasteiger partial charge in [-0.3, -0.25) is 20.4 Å². The Hall–Kier alpha value is -2.72. The summed E-state index contributed by atoms with van der Waals surface area (Å²) in [5.74, 6) is 10.2. The van der Waals surface area contributed by atoms with Crippen molar-refractivity contribution in [1.29, 1.82) is 0 Å². The van der Waals surface area contributed by atoms with Gasteiger partial charge in [0.15, 0.2) is 11.6 Å². The normalized spacial score (nSPS) is 10.3. The summed E-state index contributed by atoms with van der Waals surface area (Å²) in [6.45, 7) is 0.00353. The van der Waals surface area contributed by atoms with Gasteiger partial charge in [-0.05, 0) is 0 Å². The number of nitrogens with one attached hydrogen (secondary N) is 2. The second kappa shape index (κ2) is 5.95. The molecule has 0 fully saturated rings. The van der Waals surface area contributed by atoms with E-state index in [1.807, 2.05) is 10.9 Å². The van der Waals surface area contributed by atoms with Crippen LogP contribution in [0.3, 0.4) is 0 Å². The second-order valence-corrected chi connectivity index (χ2v) is 3.89. The summed E-state index contributed by atoms with van der Waals surface area (Å²) >= 11 is 0. The number of imidazole rings is 2. The molecule has 2 aromatic heterocycles. The number of nitrogens with two attached hydrogens (primary N) is 2. The number of hydrazine groups is 2. The summed E-state index contributed by atoms with van der Waals surface area (Å²) in [4.78, 5) is 30.9. The Morgan fingerprint density at radius 3 is 1.70 bits per heavy atom. The first-order valence-electron chi connectivity index (χ1n) is 5.67. The third kappa shape index (κ3) is 2.81. The van der Waals surface area contributed by atoms with Crippen LogP contribution in [-0.2, 0) is 22.7 Å². The van der Waals surface area contributed by atoms with E-state index >= 15 is 0 Å². The van der Waals surface area contributed by atoms with Crippen molar-refractivity contribution in [3.8, 4) is 11.6 Å². The first kappa shape index (κ1) is 13.7. The van der Waals surface area contributed by atoms with Crippen LogP contribution in [0.25, 0.3) is 11.6 Å². The highest BCUT2D eigenvalue weighted by Crippen LogP contribution is 2.15. The molecule has 20 heavy (non-hydrogen) atoms. The van der Waals surface area contributed by atoms with Gasteiger partial charge in [-0.25, -0.2) is 21.7 Å². The van der Waals surface area contributed by atoms with Crippen LogP contribution in [0.2, 0.25) is 0 Å². The fourth-order valence-corrected chi connectivity index (χ4v) is 1.69. The van der Waals surface area contributed by atoms with E-state index in [1.54, 1.807) is 21.5 Å². The highest BCUT2D eigenvalue weighted by atomic mass is 16.2. The molecule has 0 saturated carbocycles. The topological polar surface area (TPSA) is 146 Å². The summed E-state index contributed by atoms with van der Waals surface area (Å²) in [5.41, 5.74) is 4.07. The lowest BCUT2D eigenvalue weighted by Gasteiger charge is -2.09. The van der Waals surface area contributed by atoms with E-state index in [1.165, 1.54) is 12.4 Å². The largest absolute Gasteiger partial charge is 0.319 e. The van der Waals surface area contributed by atoms with Crippen LogP contribution in [0.15, 0.2) is 24.8 Å². The number of carbonyl (C=O) groups excluding carboxylic acids is 2. The van der Waals surface area contributed by atoms with E-state index in [0.29, 0.717) is 11.6 Å². The third-order valence-corrected chi connectivity index (χ3v) is 2.58. The minimum absolute atomic E-state index is 0.00176. The number of rotatable bonds is 5. The molecular formula is C10H14N8O2. The van der Waals surface area contributed by atoms with Crippen molar-refractivity contribution in [2.24, 2.45) is 11.7 Å². The Bertz CT molecular complexity index is 562. The highest BCUT2D eigenvalue weighted by Gasteiger charge is 2.15. The van der Waals surface area contributed by atoms with Gasteiger partial charge in [0.05, 0.1) is 0 Å². The fraction of sp³-hybridized carbons (Fsp3) is 0.200. The van der Waals surface area contributed by atoms with Gasteiger partial charge >= 0.3 is 0 Å². The molecular weight excluding hydrogens is 264 g/mol. The SMILES string of the molecule is NNC(=O)Cn1ccnc1-c1nccn1CC(=O)NN. The Kier molecular flexibility index (Phi) is 4.08. The Balaban J connectivity index is 2.28. The number of nitrogens with zero attached hydrogens (tertiary/aromatic N) is 4. The van der Waals surface area contributed by atoms with Gasteiger partial charge in [0.1, 0.15) is 13.1 Å². The predicted octanol–water partition coefficient (Wildman–Crippen LogP) is -2.27. The fourth-order valence-electron chi connectivity index (χ4n) is 1.69. The molecule has 0 aromatic carbocycles. The average Bonchev–Trinajstić information content (AvgIpc) is 3.07. The van der Waals surface area contributed by atoms with E-state index in [-0.39, 0.29) is 24.9 Å². The van der Waals surface area contributed by atoms with Gasteiger partial charge in [-0.15, -0.1) is 0 Å². The monoisotopic (exact) mass is 278 g/mol. The van der Waals surface area contributed by atoms with Crippen molar-refractivity contribution in [2.45, 2.75) is 13.1 Å². The van der Waals surface area contributed by atoms with Crippen molar-refractivity contribution in [3.05, 3.63) is 24.8 Å². The summed E-state index contributed by atoms with van der Waals surface area (Å²) in [6.07, 6.45) is 6.29. The van der Waals surface area contributed by atoms with Crippen LogP contribution in [0, 0.1) is 0 Å². The van der Waals surface area contributed by atoms with Gasteiger partial charge in [0, 0.05) is 24.8 Å². The molecule has 2 rings (SSSR count). The molecule has 0 atom stereocenters. The number of carbonyl (C=O) groups is 2. The Labute approximate surface area is 113 Å². The molecule has 2 heterocycles. The van der Waals surface area contributed by atoms with Crippen LogP contribution in [0.1, 0.15) is 0 Å². The molecule has 106 valence electrons. The van der Waals surface area contributed by atoms with E-state index in [2.05, 4.69) is 9.97 Å². The van der Waals surface area contributed by atoms with Crippen molar-refractivity contribution in [1.82, 2.24) is 30.0 Å². The molecule has 6 N–H and O–H groups in total. The van der Waals surface area contributed by atoms with Crippen LogP contribution in [0.5, 0.6) is 0 Å². The molecule has 0 aliphatic carbocycles. The second-order valence-electron chi connectivity index (χ2n) is 3.89. The summed E-state index contributed by atoms with van der Waals surface area (Å²) in [5, 5.41) is 0. The number of aromatic nitrogens is 4. The van der Waals surface area contributed by atoms with Crippen molar-refractivity contribution in [3.63, 3.8) is 0 Å². The molecule has 0 aliphatic rings.